The van der Waals surface area contributed by atoms with Crippen molar-refractivity contribution < 1.29 is 113 Å². The molecule has 1 radical (unpaired) electrons. The predicted molar refractivity (Wildman–Crippen MR) is 585 cm³/mol. The van der Waals surface area contributed by atoms with Crippen LogP contribution in [0.4, 0.5) is 4.79 Å². The van der Waals surface area contributed by atoms with Crippen molar-refractivity contribution in [1.29, 1.82) is 0 Å². The van der Waals surface area contributed by atoms with Crippen molar-refractivity contribution in [2.75, 3.05) is 118 Å². The number of hydrogen-bond acceptors (Lipinski definition) is 33. The minimum absolute atomic E-state index is 0.00790. The topological polar surface area (TPSA) is 606 Å². The summed E-state index contributed by atoms with van der Waals surface area (Å²) >= 11 is 2.72. The van der Waals surface area contributed by atoms with Crippen LogP contribution in [-0.4, -0.2) is 385 Å². The average molecular weight is 2260 g/mol. The second-order valence-electron chi connectivity index (χ2n) is 42.7. The van der Waals surface area contributed by atoms with Crippen molar-refractivity contribution in [1.82, 2.24) is 52.2 Å². The number of nitrogens with one attached hydrogen (secondary N) is 3. The SMILES string of the molecule is C=P(C)(C)CC[C@H]1OC(c2cn(C)c(=O)n(CCC(C)C(=O)O)c2=O)[C@H](O)[C@@H]1O.C=P(C)(C)CC[C@H]1OC(c2cn(C)c(=O)n(CCC(C)C(=O)OC(=O)OCC3c4ccccc4-c4ccccc43)c2=O)[C@H](O)[C@@H]1O.C=P(C)(C)CC[C@H]1O[C@@H](n2cc(CC(C)=O)c(=O)[nH]c2=O)[C@H](O)[C@@H]1O.C=P(C)(C)CC[C@H]1O[C@@H](n2cc(CC(C)=O)c(=O)[nH]c2=O)[C@H](OC)[C@@H]1O.C=P(C)(C)CC[C@H]1O[C@@H](n2cc(CNC)c(=O)nc2[Se])[C@H](O)[C@@H]1O. The number of carbonyl (C=O) groups excluding carboxylic acids is 4. The number of ether oxygens (including phenoxy) is 8. The Morgan fingerprint density at radius 2 is 0.820 bits per heavy atom. The Hall–Kier alpha value is -8.83. The van der Waals surface area contributed by atoms with E-state index in [0.717, 1.165) is 66.8 Å². The number of nitrogens with zero attached hydrogens (tertiary/aromatic N) is 8. The van der Waals surface area contributed by atoms with E-state index in [1.807, 2.05) is 48.5 Å². The van der Waals surface area contributed by atoms with E-state index in [0.29, 0.717) is 48.9 Å². The summed E-state index contributed by atoms with van der Waals surface area (Å²) in [5.41, 5.74) is -0.561. The van der Waals surface area contributed by atoms with Crippen molar-refractivity contribution in [3.05, 3.63) is 212 Å². The van der Waals surface area contributed by atoms with Gasteiger partial charge in [-0.2, -0.15) is 0 Å². The van der Waals surface area contributed by atoms with Gasteiger partial charge in [-0.1, -0.05) is 62.4 Å². The molecule has 0 spiro atoms. The molecule has 5 fully saturated rings. The molecule has 7 aromatic rings. The Labute approximate surface area is 877 Å². The van der Waals surface area contributed by atoms with Crippen LogP contribution in [0.3, 0.4) is 0 Å². The number of aliphatic hydroxyl groups is 9. The Morgan fingerprint density at radius 1 is 0.473 bits per heavy atom. The molecule has 0 saturated carbocycles. The van der Waals surface area contributed by atoms with Crippen molar-refractivity contribution in [3.8, 4) is 11.1 Å². The number of carboxylic acids is 1. The Kier molecular flexibility index (Phi) is 44.1. The van der Waals surface area contributed by atoms with E-state index in [1.165, 1.54) is 87.4 Å². The van der Waals surface area contributed by atoms with Gasteiger partial charge in [-0.05, 0) is 153 Å². The van der Waals surface area contributed by atoms with Gasteiger partial charge in [0, 0.05) is 89.0 Å². The second-order valence-corrected chi connectivity index (χ2v) is 65.1. The van der Waals surface area contributed by atoms with Crippen LogP contribution in [0.15, 0.2) is 123 Å². The summed E-state index contributed by atoms with van der Waals surface area (Å²) in [5.74, 6) is -4.06. The minimum atomic E-state index is -1.41. The number of aromatic amines is 2. The second kappa shape index (κ2) is 53.1. The zero-order valence-corrected chi connectivity index (χ0v) is 94.4. The van der Waals surface area contributed by atoms with E-state index < -0.39 is 232 Å². The van der Waals surface area contributed by atoms with Crippen molar-refractivity contribution in [2.45, 2.75) is 233 Å². The van der Waals surface area contributed by atoms with Crippen LogP contribution in [0.2, 0.25) is 0 Å². The fourth-order valence-corrected chi connectivity index (χ4v) is 23.2. The van der Waals surface area contributed by atoms with Gasteiger partial charge in [-0.3, -0.25) is 66.6 Å². The fraction of sp³-hybridized carbons (Fsp3) is 0.584. The van der Waals surface area contributed by atoms with E-state index in [-0.39, 0.29) is 90.7 Å². The van der Waals surface area contributed by atoms with Crippen LogP contribution < -0.4 is 60.6 Å². The number of Topliss-reactive ketones (excluding diaryl/α,β-unsaturated/α-hetero) is 2. The molecule has 5 aliphatic heterocycles. The van der Waals surface area contributed by atoms with Crippen LogP contribution in [0.25, 0.3) is 11.1 Å². The van der Waals surface area contributed by atoms with E-state index in [4.69, 9.17) is 43.0 Å². The summed E-state index contributed by atoms with van der Waals surface area (Å²) in [7, 11) is 6.09. The molecule has 2 aromatic carbocycles. The van der Waals surface area contributed by atoms with Gasteiger partial charge in [0.15, 0.2) is 12.5 Å². The molecule has 49 heteroatoms. The molecule has 43 nitrogen and oxygen atoms in total. The summed E-state index contributed by atoms with van der Waals surface area (Å²) in [5, 5.41) is 106. The first-order valence-corrected chi connectivity index (χ1v) is 65.2. The monoisotopic (exact) mass is 2260 g/mol. The summed E-state index contributed by atoms with van der Waals surface area (Å²) in [6.45, 7) is 20.0. The quantitative estimate of drug-likeness (QED) is 0.0112. The number of aliphatic carboxylic acids is 1. The first-order chi connectivity index (χ1) is 69.8. The van der Waals surface area contributed by atoms with Gasteiger partial charge in [-0.25, -0.2) is 24.0 Å². The molecule has 150 heavy (non-hydrogen) atoms. The number of benzene rings is 2. The first kappa shape index (κ1) is 125. The third kappa shape index (κ3) is 33.1. The number of carbonyl (C=O) groups is 5. The maximum atomic E-state index is 13.4. The van der Waals surface area contributed by atoms with Crippen molar-refractivity contribution in [3.63, 3.8) is 0 Å². The number of rotatable bonds is 37. The maximum absolute atomic E-state index is 13.4. The molecule has 13 rings (SSSR count). The molecule has 4 unspecified atom stereocenters. The fourth-order valence-electron chi connectivity index (χ4n) is 17.9. The predicted octanol–water partition coefficient (Wildman–Crippen LogP) is 1.15. The summed E-state index contributed by atoms with van der Waals surface area (Å²) in [4.78, 5) is 179. The Bertz CT molecular complexity index is 6790. The van der Waals surface area contributed by atoms with Gasteiger partial charge in [0.05, 0.1) is 47.4 Å². The van der Waals surface area contributed by atoms with Gasteiger partial charge in [0.2, 0.25) is 0 Å². The number of aliphatic hydroxyl groups excluding tert-OH is 9. The molecule has 10 heterocycles. The standard InChI is InChI=1S/C34H41N2O9P.C19H31N2O7P.C17H27N2O6P.C16H25N2O6P.C15H25N3O4PSe/c1-20(32(40)45-34(42)43-19-26-23-12-8-6-10-21(23)22-11-7-9-13-24(22)26)14-16-36-31(39)25(18-35(2)33(36)41)30-29(38)28(37)27(44-30)15-17-46(3,4)5;1-11(18(25)26)6-8-21-17(24)12(10-20(2)19(21)27)16-15(23)14(22)13(28-16)7-9-29(3,4)5;1-10(20)8-11-9-19(17(23)18-15(11)22)16-14(24-2)13(21)12(25-16)6-7-26(3,4)5;1-9(19)7-10-8-18(16(23)17-14(10)22)15-13(21)12(20)11(24-15)5-6-25(2,3)4;1-16-7-9-8-18(15(24)17-13(9)21)14-12(20)11(19)10(22-14)5-6-23(2,3)4/h6-13,18,20,26-30,37-38H,3,14-17,19H2,1-2,4-5H3;10-11,13-16,22-23H,3,6-9H2,1-2,4-5H3,(H,25,26);9,12-14,16,21H,3,6-8H2,1-2,4-5H3,(H,18,22,23);8,11-13,15,20-21H,2,5-7H2,1,3-4H3,(H,17,22,23);8,10-12,14,16,19-20H,2,5-7H2,1,3-4H3/t20?,27-,28-,29-,30?;11?,13-,14-,15-,16?;12-,13-,14-,16-;11-,12-,13-,15-;10-,11-,12-,14-/m11111/s1. The summed E-state index contributed by atoms with van der Waals surface area (Å²) in [6.07, 6.45) is 13.8. The number of aromatic nitrogens is 10. The number of carboxylic acid groups (broad SMARTS) is 1. The molecule has 0 amide bonds. The Morgan fingerprint density at radius 3 is 1.19 bits per heavy atom. The number of hydrogen-bond donors (Lipinski definition) is 13. The molecule has 5 saturated heterocycles. The number of methoxy groups -OCH3 is 1. The van der Waals surface area contributed by atoms with Crippen molar-refractivity contribution >= 4 is 116 Å². The number of aryl methyl sites for hydroxylation is 2. The van der Waals surface area contributed by atoms with Crippen LogP contribution >= 0.6 is 34.4 Å². The third-order valence-electron chi connectivity index (χ3n) is 26.5. The van der Waals surface area contributed by atoms with Crippen LogP contribution in [0.5, 0.6) is 0 Å². The third-order valence-corrected chi connectivity index (χ3v) is 34.4. The molecule has 831 valence electrons. The van der Waals surface area contributed by atoms with Crippen LogP contribution in [0, 0.1) is 11.8 Å². The number of esters is 1. The van der Waals surface area contributed by atoms with Gasteiger partial charge < -0.3 is 83.1 Å². The van der Waals surface area contributed by atoms with Gasteiger partial charge in [-0.15, -0.1) is 52.7 Å². The number of H-pyrrole nitrogens is 2. The van der Waals surface area contributed by atoms with E-state index in [9.17, 15) is 113 Å². The van der Waals surface area contributed by atoms with Gasteiger partial charge in [0.25, 0.3) is 22.2 Å². The van der Waals surface area contributed by atoms with Crippen molar-refractivity contribution in [2.24, 2.45) is 25.9 Å². The number of ketones is 2. The first-order valence-electron chi connectivity index (χ1n) is 49.1. The Balaban J connectivity index is 0.000000214. The normalized spacial score (nSPS) is 25.0. The van der Waals surface area contributed by atoms with E-state index >= 15 is 0 Å². The molecular weight excluding hydrogens is 2110 g/mol. The van der Waals surface area contributed by atoms with Gasteiger partial charge in [0.1, 0.15) is 79.2 Å². The van der Waals surface area contributed by atoms with E-state index in [1.54, 1.807) is 17.8 Å². The van der Waals surface area contributed by atoms with Crippen LogP contribution in [0.1, 0.15) is 148 Å². The molecule has 13 N–H and O–H groups in total. The number of fused-ring (bicyclic) bond motifs is 3. The average Bonchev–Trinajstić information content (AvgIpc) is 1.60. The summed E-state index contributed by atoms with van der Waals surface area (Å²) in [6, 6.07) is 15.7. The van der Waals surface area contributed by atoms with E-state index in [2.05, 4.69) is 134 Å². The molecule has 22 atom stereocenters. The summed E-state index contributed by atoms with van der Waals surface area (Å²) < 4.78 is 53.3. The molecule has 1 aliphatic carbocycles. The molecular formula is C101H149N11O32P5Se. The van der Waals surface area contributed by atoms with Gasteiger partial charge >= 0.3 is 191 Å². The zero-order chi connectivity index (χ0) is 112. The molecule has 6 aliphatic rings. The molecule has 0 bridgehead atoms. The van der Waals surface area contributed by atoms with Crippen LogP contribution in [-0.2, 0) is 104 Å². The molecule has 5 aromatic heterocycles. The zero-order valence-electron chi connectivity index (χ0n) is 88.2.